The Balaban J connectivity index is 1.42. The normalized spacial score (nSPS) is 39.8. The van der Waals surface area contributed by atoms with Gasteiger partial charge in [0.1, 0.15) is 0 Å². The monoisotopic (exact) mass is 248 g/mol. The van der Waals surface area contributed by atoms with Crippen molar-refractivity contribution in [2.45, 2.75) is 64.0 Å². The summed E-state index contributed by atoms with van der Waals surface area (Å²) in [7, 11) is 0. The van der Waals surface area contributed by atoms with Gasteiger partial charge < -0.3 is 5.32 Å². The van der Waals surface area contributed by atoms with Crippen molar-refractivity contribution in [3.8, 4) is 0 Å². The zero-order valence-electron chi connectivity index (χ0n) is 11.8. The lowest BCUT2D eigenvalue weighted by Gasteiger charge is -2.42. The van der Waals surface area contributed by atoms with Crippen molar-refractivity contribution in [2.24, 2.45) is 17.3 Å². The molecule has 1 saturated heterocycles. The Hall–Kier alpha value is -0.0800. The van der Waals surface area contributed by atoms with Gasteiger partial charge in [-0.2, -0.15) is 0 Å². The van der Waals surface area contributed by atoms with E-state index in [1.165, 1.54) is 64.6 Å². The van der Waals surface area contributed by atoms with Crippen LogP contribution in [0.15, 0.2) is 0 Å². The molecule has 2 unspecified atom stereocenters. The van der Waals surface area contributed by atoms with Crippen LogP contribution in [0.4, 0.5) is 0 Å². The summed E-state index contributed by atoms with van der Waals surface area (Å²) in [5, 5.41) is 3.82. The molecule has 1 heterocycles. The molecule has 0 radical (unpaired) electrons. The SMILES string of the molecule is CCC1CNC(C2CC2)CN1CC1(C2CC2)CC1. The average molecular weight is 248 g/mol. The first-order valence-electron chi connectivity index (χ1n) is 8.28. The first-order chi connectivity index (χ1) is 8.81. The Morgan fingerprint density at radius 2 is 1.94 bits per heavy atom. The number of nitrogens with one attached hydrogen (secondary N) is 1. The molecule has 4 fully saturated rings. The maximum absolute atomic E-state index is 3.82. The van der Waals surface area contributed by atoms with Gasteiger partial charge in [0.2, 0.25) is 0 Å². The number of hydrogen-bond donors (Lipinski definition) is 1. The summed E-state index contributed by atoms with van der Waals surface area (Å²) < 4.78 is 0. The smallest absolute Gasteiger partial charge is 0.0224 e. The highest BCUT2D eigenvalue weighted by molar-refractivity contribution is 5.07. The van der Waals surface area contributed by atoms with Crippen molar-refractivity contribution < 1.29 is 0 Å². The summed E-state index contributed by atoms with van der Waals surface area (Å²) in [6.07, 6.45) is 10.4. The highest BCUT2D eigenvalue weighted by Crippen LogP contribution is 2.61. The molecule has 2 heteroatoms. The highest BCUT2D eigenvalue weighted by Gasteiger charge is 2.55. The number of rotatable bonds is 5. The number of piperazine rings is 1. The van der Waals surface area contributed by atoms with E-state index >= 15 is 0 Å². The minimum atomic E-state index is 0.791. The molecule has 2 nitrogen and oxygen atoms in total. The van der Waals surface area contributed by atoms with Crippen LogP contribution >= 0.6 is 0 Å². The molecule has 18 heavy (non-hydrogen) atoms. The summed E-state index contributed by atoms with van der Waals surface area (Å²) in [5.74, 6) is 2.13. The molecule has 0 aromatic heterocycles. The molecule has 0 aromatic rings. The molecular formula is C16H28N2. The van der Waals surface area contributed by atoms with Crippen molar-refractivity contribution in [1.82, 2.24) is 10.2 Å². The molecule has 0 aromatic carbocycles. The molecule has 2 atom stereocenters. The van der Waals surface area contributed by atoms with E-state index in [0.717, 1.165) is 29.3 Å². The van der Waals surface area contributed by atoms with Gasteiger partial charge in [0.25, 0.3) is 0 Å². The van der Waals surface area contributed by atoms with Crippen LogP contribution in [0.1, 0.15) is 51.9 Å². The van der Waals surface area contributed by atoms with Gasteiger partial charge in [0, 0.05) is 31.7 Å². The molecule has 4 rings (SSSR count). The minimum Gasteiger partial charge on any atom is -0.311 e. The van der Waals surface area contributed by atoms with Crippen LogP contribution in [-0.4, -0.2) is 36.6 Å². The number of hydrogen-bond acceptors (Lipinski definition) is 2. The zero-order valence-corrected chi connectivity index (χ0v) is 11.8. The zero-order chi connectivity index (χ0) is 12.2. The van der Waals surface area contributed by atoms with Crippen LogP contribution in [0.2, 0.25) is 0 Å². The molecule has 0 amide bonds. The summed E-state index contributed by atoms with van der Waals surface area (Å²) in [6, 6.07) is 1.64. The van der Waals surface area contributed by atoms with Gasteiger partial charge in [0.05, 0.1) is 0 Å². The molecule has 0 bridgehead atoms. The fraction of sp³-hybridized carbons (Fsp3) is 1.00. The standard InChI is InChI=1S/C16H28N2/c1-2-14-9-17-15(12-3-4-12)10-18(14)11-16(7-8-16)13-5-6-13/h12-15,17H,2-11H2,1H3. The molecular weight excluding hydrogens is 220 g/mol. The second-order valence-electron chi connectivity index (χ2n) is 7.48. The van der Waals surface area contributed by atoms with Crippen LogP contribution < -0.4 is 5.32 Å². The quantitative estimate of drug-likeness (QED) is 0.804. The van der Waals surface area contributed by atoms with Gasteiger partial charge >= 0.3 is 0 Å². The molecule has 4 aliphatic rings. The lowest BCUT2D eigenvalue weighted by Crippen LogP contribution is -2.58. The minimum absolute atomic E-state index is 0.791. The van der Waals surface area contributed by atoms with Crippen molar-refractivity contribution in [3.05, 3.63) is 0 Å². The van der Waals surface area contributed by atoms with E-state index in [9.17, 15) is 0 Å². The Bertz CT molecular complexity index is 315. The van der Waals surface area contributed by atoms with Crippen molar-refractivity contribution in [2.75, 3.05) is 19.6 Å². The predicted molar refractivity (Wildman–Crippen MR) is 74.6 cm³/mol. The van der Waals surface area contributed by atoms with E-state index in [2.05, 4.69) is 17.1 Å². The Morgan fingerprint density at radius 1 is 1.17 bits per heavy atom. The topological polar surface area (TPSA) is 15.3 Å². The number of nitrogens with zero attached hydrogens (tertiary/aromatic N) is 1. The highest BCUT2D eigenvalue weighted by atomic mass is 15.2. The van der Waals surface area contributed by atoms with Gasteiger partial charge in [-0.3, -0.25) is 4.90 Å². The molecule has 1 aliphatic heterocycles. The fourth-order valence-corrected chi connectivity index (χ4v) is 4.25. The Morgan fingerprint density at radius 3 is 2.50 bits per heavy atom. The van der Waals surface area contributed by atoms with Crippen LogP contribution in [-0.2, 0) is 0 Å². The summed E-state index contributed by atoms with van der Waals surface area (Å²) in [5.41, 5.74) is 0.791. The Kier molecular flexibility index (Phi) is 2.74. The Labute approximate surface area is 111 Å². The van der Waals surface area contributed by atoms with Crippen molar-refractivity contribution >= 4 is 0 Å². The van der Waals surface area contributed by atoms with Gasteiger partial charge in [0.15, 0.2) is 0 Å². The van der Waals surface area contributed by atoms with E-state index < -0.39 is 0 Å². The maximum Gasteiger partial charge on any atom is 0.0224 e. The first kappa shape index (κ1) is 11.7. The van der Waals surface area contributed by atoms with E-state index in [4.69, 9.17) is 0 Å². The molecule has 1 N–H and O–H groups in total. The van der Waals surface area contributed by atoms with Gasteiger partial charge in [-0.15, -0.1) is 0 Å². The third kappa shape index (κ3) is 2.12. The van der Waals surface area contributed by atoms with Crippen molar-refractivity contribution in [1.29, 1.82) is 0 Å². The van der Waals surface area contributed by atoms with E-state index in [1.807, 2.05) is 0 Å². The van der Waals surface area contributed by atoms with Crippen LogP contribution in [0.5, 0.6) is 0 Å². The van der Waals surface area contributed by atoms with Crippen LogP contribution in [0, 0.1) is 17.3 Å². The van der Waals surface area contributed by atoms with Gasteiger partial charge in [-0.1, -0.05) is 6.92 Å². The van der Waals surface area contributed by atoms with Gasteiger partial charge in [-0.25, -0.2) is 0 Å². The second-order valence-corrected chi connectivity index (χ2v) is 7.48. The van der Waals surface area contributed by atoms with Gasteiger partial charge in [-0.05, 0) is 62.2 Å². The molecule has 3 aliphatic carbocycles. The summed E-state index contributed by atoms with van der Waals surface area (Å²) in [6.45, 7) is 6.39. The maximum atomic E-state index is 3.82. The third-order valence-electron chi connectivity index (χ3n) is 6.08. The first-order valence-corrected chi connectivity index (χ1v) is 8.28. The van der Waals surface area contributed by atoms with E-state index in [0.29, 0.717) is 0 Å². The summed E-state index contributed by atoms with van der Waals surface area (Å²) in [4.78, 5) is 2.88. The lowest BCUT2D eigenvalue weighted by molar-refractivity contribution is 0.0891. The predicted octanol–water partition coefficient (Wildman–Crippen LogP) is 2.64. The average Bonchev–Trinajstić information content (AvgIpc) is 3.26. The van der Waals surface area contributed by atoms with Crippen LogP contribution in [0.25, 0.3) is 0 Å². The lowest BCUT2D eigenvalue weighted by atomic mass is 9.96. The molecule has 3 saturated carbocycles. The summed E-state index contributed by atoms with van der Waals surface area (Å²) >= 11 is 0. The van der Waals surface area contributed by atoms with E-state index in [1.54, 1.807) is 0 Å². The van der Waals surface area contributed by atoms with Crippen molar-refractivity contribution in [3.63, 3.8) is 0 Å². The largest absolute Gasteiger partial charge is 0.311 e. The fourth-order valence-electron chi connectivity index (χ4n) is 4.25. The van der Waals surface area contributed by atoms with E-state index in [-0.39, 0.29) is 0 Å². The molecule has 102 valence electrons. The molecule has 0 spiro atoms. The van der Waals surface area contributed by atoms with Crippen LogP contribution in [0.3, 0.4) is 0 Å². The second kappa shape index (κ2) is 4.21. The third-order valence-corrected chi connectivity index (χ3v) is 6.08.